The van der Waals surface area contributed by atoms with Gasteiger partial charge in [0.15, 0.2) is 0 Å². The molecule has 1 aromatic carbocycles. The van der Waals surface area contributed by atoms with E-state index in [2.05, 4.69) is 15.6 Å². The fourth-order valence-electron chi connectivity index (χ4n) is 2.59. The zero-order chi connectivity index (χ0) is 21.6. The van der Waals surface area contributed by atoms with Crippen molar-refractivity contribution in [3.8, 4) is 0 Å². The number of nitrogens with one attached hydrogen (secondary N) is 4. The second kappa shape index (κ2) is 9.22. The minimum Gasteiger partial charge on any atom is -0.460 e. The van der Waals surface area contributed by atoms with Crippen LogP contribution < -0.4 is 16.4 Å². The van der Waals surface area contributed by atoms with E-state index in [-0.39, 0.29) is 49.6 Å². The van der Waals surface area contributed by atoms with Gasteiger partial charge in [-0.05, 0) is 45.0 Å². The molecule has 0 fully saturated rings. The topological polar surface area (TPSA) is 150 Å². The number of esters is 1. The number of amidine groups is 1. The molecule has 29 heavy (non-hydrogen) atoms. The van der Waals surface area contributed by atoms with E-state index in [0.717, 1.165) is 10.9 Å². The Kier molecular flexibility index (Phi) is 6.98. The first-order chi connectivity index (χ1) is 13.5. The molecule has 0 saturated heterocycles. The fourth-order valence-corrected chi connectivity index (χ4v) is 2.59. The summed E-state index contributed by atoms with van der Waals surface area (Å²) in [5.74, 6) is -1.03. The first-order valence-corrected chi connectivity index (χ1v) is 9.29. The molecule has 0 spiro atoms. The lowest BCUT2D eigenvalue weighted by Crippen LogP contribution is -2.32. The maximum atomic E-state index is 12.2. The number of fused-ring (bicyclic) bond motifs is 1. The van der Waals surface area contributed by atoms with Gasteiger partial charge in [-0.3, -0.25) is 19.8 Å². The van der Waals surface area contributed by atoms with Crippen molar-refractivity contribution >= 4 is 34.5 Å². The molecule has 0 radical (unpaired) electrons. The van der Waals surface area contributed by atoms with E-state index in [1.807, 2.05) is 0 Å². The molecule has 2 amide bonds. The van der Waals surface area contributed by atoms with Crippen LogP contribution in [0.25, 0.3) is 10.9 Å². The number of aromatic nitrogens is 1. The number of aromatic amines is 1. The molecule has 2 aromatic rings. The number of rotatable bonds is 8. The Morgan fingerprint density at radius 1 is 1.10 bits per heavy atom. The van der Waals surface area contributed by atoms with E-state index in [1.165, 1.54) is 0 Å². The van der Waals surface area contributed by atoms with Crippen LogP contribution >= 0.6 is 0 Å². The first kappa shape index (κ1) is 21.9. The third kappa shape index (κ3) is 6.95. The van der Waals surface area contributed by atoms with Gasteiger partial charge in [-0.2, -0.15) is 0 Å². The van der Waals surface area contributed by atoms with Crippen LogP contribution in [-0.2, 0) is 14.3 Å². The van der Waals surface area contributed by atoms with Crippen LogP contribution in [-0.4, -0.2) is 47.3 Å². The van der Waals surface area contributed by atoms with Gasteiger partial charge >= 0.3 is 5.97 Å². The summed E-state index contributed by atoms with van der Waals surface area (Å²) in [5.41, 5.74) is 6.60. The average molecular weight is 401 g/mol. The summed E-state index contributed by atoms with van der Waals surface area (Å²) in [6.07, 6.45) is 0.182. The number of ether oxygens (including phenoxy) is 1. The zero-order valence-electron chi connectivity index (χ0n) is 16.8. The quantitative estimate of drug-likeness (QED) is 0.257. The van der Waals surface area contributed by atoms with Crippen LogP contribution in [0.4, 0.5) is 0 Å². The smallest absolute Gasteiger partial charge is 0.308 e. The van der Waals surface area contributed by atoms with Crippen molar-refractivity contribution in [2.24, 2.45) is 5.73 Å². The van der Waals surface area contributed by atoms with Gasteiger partial charge < -0.3 is 26.1 Å². The van der Waals surface area contributed by atoms with E-state index in [0.29, 0.717) is 11.3 Å². The van der Waals surface area contributed by atoms with E-state index < -0.39 is 5.60 Å². The third-order valence-corrected chi connectivity index (χ3v) is 3.89. The third-order valence-electron chi connectivity index (χ3n) is 3.89. The van der Waals surface area contributed by atoms with Crippen molar-refractivity contribution in [2.75, 3.05) is 13.1 Å². The highest BCUT2D eigenvalue weighted by molar-refractivity contribution is 6.02. The van der Waals surface area contributed by atoms with Gasteiger partial charge in [-0.15, -0.1) is 0 Å². The number of nitrogens with two attached hydrogens (primary N) is 1. The molecule has 1 aromatic heterocycles. The summed E-state index contributed by atoms with van der Waals surface area (Å²) in [6, 6.07) is 6.84. The number of benzene rings is 1. The van der Waals surface area contributed by atoms with Gasteiger partial charge in [0, 0.05) is 36.0 Å². The minimum absolute atomic E-state index is 0.0446. The Hall–Kier alpha value is -3.36. The van der Waals surface area contributed by atoms with Crippen LogP contribution in [0.1, 0.15) is 49.7 Å². The number of carbonyl (C=O) groups is 3. The summed E-state index contributed by atoms with van der Waals surface area (Å²) < 4.78 is 5.16. The molecule has 0 bridgehead atoms. The maximum Gasteiger partial charge on any atom is 0.308 e. The number of amides is 2. The lowest BCUT2D eigenvalue weighted by molar-refractivity contribution is -0.154. The molecule has 1 heterocycles. The normalized spacial score (nSPS) is 11.1. The number of H-pyrrole nitrogens is 1. The predicted octanol–water partition coefficient (Wildman–Crippen LogP) is 1.42. The van der Waals surface area contributed by atoms with Gasteiger partial charge in [0.25, 0.3) is 5.91 Å². The number of hydrogen-bond acceptors (Lipinski definition) is 5. The Labute approximate surface area is 168 Å². The number of carbonyl (C=O) groups excluding carboxylic acids is 3. The zero-order valence-corrected chi connectivity index (χ0v) is 16.8. The predicted molar refractivity (Wildman–Crippen MR) is 110 cm³/mol. The molecule has 0 saturated carbocycles. The number of nitrogen functional groups attached to an aromatic ring is 1. The molecule has 0 aliphatic rings. The van der Waals surface area contributed by atoms with Gasteiger partial charge in [0.1, 0.15) is 17.1 Å². The molecule has 0 unspecified atom stereocenters. The van der Waals surface area contributed by atoms with Crippen LogP contribution in [0.15, 0.2) is 24.3 Å². The molecule has 6 N–H and O–H groups in total. The molecule has 9 heteroatoms. The highest BCUT2D eigenvalue weighted by Gasteiger charge is 2.16. The molecular formula is C20H27N5O4. The standard InChI is InChI=1S/C20H27N5O4/c1-20(2,3)29-17(27)7-9-23-16(26)6-8-24-19(28)15-11-13-10-12(18(21)22)4-5-14(13)25-15/h4-5,10-11,25H,6-9H2,1-3H3,(H3,21,22)(H,23,26)(H,24,28). The number of hydrogen-bond donors (Lipinski definition) is 5. The Morgan fingerprint density at radius 3 is 2.45 bits per heavy atom. The van der Waals surface area contributed by atoms with Gasteiger partial charge in [0.05, 0.1) is 6.42 Å². The van der Waals surface area contributed by atoms with Crippen molar-refractivity contribution in [3.05, 3.63) is 35.5 Å². The molecule has 0 aliphatic carbocycles. The Balaban J connectivity index is 1.75. The van der Waals surface area contributed by atoms with Crippen molar-refractivity contribution in [2.45, 2.75) is 39.2 Å². The second-order valence-electron chi connectivity index (χ2n) is 7.59. The Bertz CT molecular complexity index is 927. The van der Waals surface area contributed by atoms with Crippen LogP contribution in [0.3, 0.4) is 0 Å². The second-order valence-corrected chi connectivity index (χ2v) is 7.59. The monoisotopic (exact) mass is 401 g/mol. The van der Waals surface area contributed by atoms with Gasteiger partial charge in [0.2, 0.25) is 5.91 Å². The van der Waals surface area contributed by atoms with E-state index >= 15 is 0 Å². The van der Waals surface area contributed by atoms with Gasteiger partial charge in [-0.25, -0.2) is 0 Å². The lowest BCUT2D eigenvalue weighted by atomic mass is 10.1. The van der Waals surface area contributed by atoms with Crippen molar-refractivity contribution in [3.63, 3.8) is 0 Å². The molecule has 156 valence electrons. The summed E-state index contributed by atoms with van der Waals surface area (Å²) >= 11 is 0. The molecule has 9 nitrogen and oxygen atoms in total. The van der Waals surface area contributed by atoms with E-state index in [4.69, 9.17) is 15.9 Å². The summed E-state index contributed by atoms with van der Waals surface area (Å²) in [7, 11) is 0. The summed E-state index contributed by atoms with van der Waals surface area (Å²) in [4.78, 5) is 38.6. The van der Waals surface area contributed by atoms with Gasteiger partial charge in [-0.1, -0.05) is 0 Å². The maximum absolute atomic E-state index is 12.2. The van der Waals surface area contributed by atoms with Crippen LogP contribution in [0, 0.1) is 5.41 Å². The molecular weight excluding hydrogens is 374 g/mol. The van der Waals surface area contributed by atoms with E-state index in [9.17, 15) is 14.4 Å². The molecule has 0 atom stereocenters. The summed E-state index contributed by atoms with van der Waals surface area (Å²) in [6.45, 7) is 5.68. The Morgan fingerprint density at radius 2 is 1.79 bits per heavy atom. The average Bonchev–Trinajstić information content (AvgIpc) is 3.03. The summed E-state index contributed by atoms with van der Waals surface area (Å²) in [5, 5.41) is 13.5. The van der Waals surface area contributed by atoms with Crippen molar-refractivity contribution < 1.29 is 19.1 Å². The SMILES string of the molecule is CC(C)(C)OC(=O)CCNC(=O)CCNC(=O)c1cc2cc(C(=N)N)ccc2[nH]1. The van der Waals surface area contributed by atoms with E-state index in [1.54, 1.807) is 45.0 Å². The largest absolute Gasteiger partial charge is 0.460 e. The highest BCUT2D eigenvalue weighted by Crippen LogP contribution is 2.17. The van der Waals surface area contributed by atoms with Crippen molar-refractivity contribution in [1.29, 1.82) is 5.41 Å². The minimum atomic E-state index is -0.554. The van der Waals surface area contributed by atoms with Crippen molar-refractivity contribution in [1.82, 2.24) is 15.6 Å². The first-order valence-electron chi connectivity index (χ1n) is 9.29. The molecule has 0 aliphatic heterocycles. The fraction of sp³-hybridized carbons (Fsp3) is 0.400. The van der Waals surface area contributed by atoms with Crippen LogP contribution in [0.2, 0.25) is 0 Å². The molecule has 2 rings (SSSR count). The van der Waals surface area contributed by atoms with Crippen LogP contribution in [0.5, 0.6) is 0 Å². The lowest BCUT2D eigenvalue weighted by Gasteiger charge is -2.19. The highest BCUT2D eigenvalue weighted by atomic mass is 16.6.